The van der Waals surface area contributed by atoms with Crippen molar-refractivity contribution >= 4 is 11.6 Å². The van der Waals surface area contributed by atoms with Crippen LogP contribution in [0.5, 0.6) is 0 Å². The predicted octanol–water partition coefficient (Wildman–Crippen LogP) is 2.38. The fourth-order valence-corrected chi connectivity index (χ4v) is 2.17. The van der Waals surface area contributed by atoms with Crippen LogP contribution in [0.15, 0.2) is 18.2 Å². The lowest BCUT2D eigenvalue weighted by Gasteiger charge is -2.23. The summed E-state index contributed by atoms with van der Waals surface area (Å²) in [6, 6.07) is 6.10. The molecule has 1 atom stereocenters. The summed E-state index contributed by atoms with van der Waals surface area (Å²) in [6.07, 6.45) is 3.25. The number of piperidine rings is 1. The van der Waals surface area contributed by atoms with Crippen LogP contribution in [-0.2, 0) is 4.79 Å². The van der Waals surface area contributed by atoms with Crippen LogP contribution >= 0.6 is 0 Å². The zero-order valence-corrected chi connectivity index (χ0v) is 10.5. The van der Waals surface area contributed by atoms with E-state index in [1.165, 1.54) is 12.0 Å². The molecular formula is C14H20N2O. The minimum absolute atomic E-state index is 0.0244. The average molecular weight is 232 g/mol. The largest absolute Gasteiger partial charge is 0.324 e. The summed E-state index contributed by atoms with van der Waals surface area (Å²) >= 11 is 0. The number of aryl methyl sites for hydroxylation is 2. The molecule has 0 radical (unpaired) electrons. The standard InChI is InChI=1S/C14H20N2O/c1-10-6-7-11(2)13(9-10)16-14(17)12-5-3-4-8-15-12/h6-7,9,12,15H,3-5,8H2,1-2H3,(H,16,17). The van der Waals surface area contributed by atoms with Crippen LogP contribution < -0.4 is 10.6 Å². The van der Waals surface area contributed by atoms with Gasteiger partial charge >= 0.3 is 0 Å². The van der Waals surface area contributed by atoms with E-state index < -0.39 is 0 Å². The van der Waals surface area contributed by atoms with E-state index in [9.17, 15) is 4.79 Å². The molecule has 0 aromatic heterocycles. The van der Waals surface area contributed by atoms with Gasteiger partial charge in [-0.3, -0.25) is 4.79 Å². The molecule has 1 fully saturated rings. The number of rotatable bonds is 2. The van der Waals surface area contributed by atoms with Crippen LogP contribution in [0.1, 0.15) is 30.4 Å². The molecule has 1 amide bonds. The van der Waals surface area contributed by atoms with Gasteiger partial charge in [0, 0.05) is 5.69 Å². The van der Waals surface area contributed by atoms with Gasteiger partial charge in [-0.05, 0) is 50.4 Å². The van der Waals surface area contributed by atoms with Crippen LogP contribution in [0, 0.1) is 13.8 Å². The fraction of sp³-hybridized carbons (Fsp3) is 0.500. The van der Waals surface area contributed by atoms with Crippen molar-refractivity contribution in [3.05, 3.63) is 29.3 Å². The number of hydrogen-bond donors (Lipinski definition) is 2. The average Bonchev–Trinajstić information content (AvgIpc) is 2.35. The second-order valence-corrected chi connectivity index (χ2v) is 4.81. The number of anilines is 1. The van der Waals surface area contributed by atoms with Crippen molar-refractivity contribution in [2.24, 2.45) is 0 Å². The second kappa shape index (κ2) is 5.32. The summed E-state index contributed by atoms with van der Waals surface area (Å²) in [6.45, 7) is 5.00. The number of nitrogens with one attached hydrogen (secondary N) is 2. The van der Waals surface area contributed by atoms with Gasteiger partial charge in [0.25, 0.3) is 0 Å². The van der Waals surface area contributed by atoms with E-state index in [1.54, 1.807) is 0 Å². The van der Waals surface area contributed by atoms with Crippen molar-refractivity contribution in [2.45, 2.75) is 39.2 Å². The minimum Gasteiger partial charge on any atom is -0.324 e. The van der Waals surface area contributed by atoms with Crippen molar-refractivity contribution in [2.75, 3.05) is 11.9 Å². The Bertz CT molecular complexity index is 409. The molecule has 3 heteroatoms. The fourth-order valence-electron chi connectivity index (χ4n) is 2.17. The van der Waals surface area contributed by atoms with Gasteiger partial charge in [0.15, 0.2) is 0 Å². The van der Waals surface area contributed by atoms with Gasteiger partial charge in [0.05, 0.1) is 6.04 Å². The highest BCUT2D eigenvalue weighted by Gasteiger charge is 2.20. The van der Waals surface area contributed by atoms with Crippen molar-refractivity contribution < 1.29 is 4.79 Å². The maximum absolute atomic E-state index is 12.1. The van der Waals surface area contributed by atoms with Crippen LogP contribution in [0.25, 0.3) is 0 Å². The molecule has 2 rings (SSSR count). The van der Waals surface area contributed by atoms with Crippen LogP contribution in [0.2, 0.25) is 0 Å². The first-order chi connectivity index (χ1) is 8.16. The first-order valence-corrected chi connectivity index (χ1v) is 6.28. The van der Waals surface area contributed by atoms with Crippen LogP contribution in [0.4, 0.5) is 5.69 Å². The zero-order valence-electron chi connectivity index (χ0n) is 10.5. The van der Waals surface area contributed by atoms with E-state index >= 15 is 0 Å². The third-order valence-electron chi connectivity index (χ3n) is 3.28. The van der Waals surface area contributed by atoms with Gasteiger partial charge in [-0.25, -0.2) is 0 Å². The summed E-state index contributed by atoms with van der Waals surface area (Å²) in [5.41, 5.74) is 3.21. The molecule has 1 heterocycles. The summed E-state index contributed by atoms with van der Waals surface area (Å²) in [4.78, 5) is 12.1. The van der Waals surface area contributed by atoms with Gasteiger partial charge in [-0.1, -0.05) is 18.6 Å². The Morgan fingerprint density at radius 1 is 1.35 bits per heavy atom. The molecule has 1 saturated heterocycles. The molecule has 0 bridgehead atoms. The minimum atomic E-state index is -0.0244. The van der Waals surface area contributed by atoms with Crippen LogP contribution in [-0.4, -0.2) is 18.5 Å². The molecule has 0 saturated carbocycles. The molecule has 1 aromatic carbocycles. The highest BCUT2D eigenvalue weighted by Crippen LogP contribution is 2.17. The Morgan fingerprint density at radius 3 is 2.88 bits per heavy atom. The molecule has 1 unspecified atom stereocenters. The van der Waals surface area contributed by atoms with Crippen molar-refractivity contribution in [3.63, 3.8) is 0 Å². The van der Waals surface area contributed by atoms with E-state index in [0.29, 0.717) is 0 Å². The van der Waals surface area contributed by atoms with Gasteiger partial charge in [0.2, 0.25) is 5.91 Å². The number of benzene rings is 1. The topological polar surface area (TPSA) is 41.1 Å². The molecular weight excluding hydrogens is 212 g/mol. The van der Waals surface area contributed by atoms with E-state index in [-0.39, 0.29) is 11.9 Å². The molecule has 17 heavy (non-hydrogen) atoms. The van der Waals surface area contributed by atoms with Crippen molar-refractivity contribution in [1.29, 1.82) is 0 Å². The lowest BCUT2D eigenvalue weighted by atomic mass is 10.0. The Balaban J connectivity index is 2.04. The SMILES string of the molecule is Cc1ccc(C)c(NC(=O)C2CCCCN2)c1. The summed E-state index contributed by atoms with van der Waals surface area (Å²) in [5.74, 6) is 0.0957. The lowest BCUT2D eigenvalue weighted by Crippen LogP contribution is -2.43. The molecule has 0 aliphatic carbocycles. The number of hydrogen-bond acceptors (Lipinski definition) is 2. The number of amides is 1. The zero-order chi connectivity index (χ0) is 12.3. The van der Waals surface area contributed by atoms with Gasteiger partial charge in [0.1, 0.15) is 0 Å². The first kappa shape index (κ1) is 12.1. The number of carbonyl (C=O) groups excluding carboxylic acids is 1. The predicted molar refractivity (Wildman–Crippen MR) is 70.2 cm³/mol. The van der Waals surface area contributed by atoms with Crippen LogP contribution in [0.3, 0.4) is 0 Å². The van der Waals surface area contributed by atoms with E-state index in [1.807, 2.05) is 26.0 Å². The summed E-state index contributed by atoms with van der Waals surface area (Å²) in [5, 5.41) is 6.28. The lowest BCUT2D eigenvalue weighted by molar-refractivity contribution is -0.118. The maximum Gasteiger partial charge on any atom is 0.241 e. The van der Waals surface area contributed by atoms with E-state index in [2.05, 4.69) is 16.7 Å². The third kappa shape index (κ3) is 3.07. The quantitative estimate of drug-likeness (QED) is 0.822. The number of carbonyl (C=O) groups is 1. The van der Waals surface area contributed by atoms with Gasteiger partial charge in [-0.15, -0.1) is 0 Å². The molecule has 1 aliphatic heterocycles. The Labute approximate surface area is 103 Å². The molecule has 1 aromatic rings. The van der Waals surface area contributed by atoms with Gasteiger partial charge in [-0.2, -0.15) is 0 Å². The molecule has 1 aliphatic rings. The highest BCUT2D eigenvalue weighted by molar-refractivity contribution is 5.95. The summed E-state index contributed by atoms with van der Waals surface area (Å²) < 4.78 is 0. The maximum atomic E-state index is 12.1. The second-order valence-electron chi connectivity index (χ2n) is 4.81. The Morgan fingerprint density at radius 2 is 2.18 bits per heavy atom. The highest BCUT2D eigenvalue weighted by atomic mass is 16.2. The van der Waals surface area contributed by atoms with Crippen molar-refractivity contribution in [3.8, 4) is 0 Å². The summed E-state index contributed by atoms with van der Waals surface area (Å²) in [7, 11) is 0. The van der Waals surface area contributed by atoms with Gasteiger partial charge < -0.3 is 10.6 Å². The molecule has 92 valence electrons. The molecule has 0 spiro atoms. The molecule has 2 N–H and O–H groups in total. The van der Waals surface area contributed by atoms with E-state index in [4.69, 9.17) is 0 Å². The first-order valence-electron chi connectivity index (χ1n) is 6.28. The Hall–Kier alpha value is -1.35. The Kier molecular flexibility index (Phi) is 3.79. The third-order valence-corrected chi connectivity index (χ3v) is 3.28. The monoisotopic (exact) mass is 232 g/mol. The van der Waals surface area contributed by atoms with E-state index in [0.717, 1.165) is 30.6 Å². The smallest absolute Gasteiger partial charge is 0.241 e. The van der Waals surface area contributed by atoms with Crippen molar-refractivity contribution in [1.82, 2.24) is 5.32 Å². The normalized spacial score (nSPS) is 20.0. The molecule has 3 nitrogen and oxygen atoms in total.